The molecule has 0 aliphatic carbocycles. The van der Waals surface area contributed by atoms with E-state index < -0.39 is 0 Å². The fourth-order valence-corrected chi connectivity index (χ4v) is 0. The Kier molecular flexibility index (Phi) is 359. The molecule has 0 aromatic carbocycles. The molecule has 5 heavy (non-hydrogen) atoms. The minimum atomic E-state index is 0. The summed E-state index contributed by atoms with van der Waals surface area (Å²) in [5, 5.41) is 0. The SMILES string of the molecule is O.[GeH4].[SbH3].[SiH4].[TeH2]. The zero-order valence-corrected chi connectivity index (χ0v) is 8.60. The van der Waals surface area contributed by atoms with E-state index in [1.165, 1.54) is 0 Å². The molecule has 0 unspecified atom stereocenters. The van der Waals surface area contributed by atoms with E-state index in [4.69, 9.17) is 0 Å². The molecule has 0 aromatic heterocycles. The van der Waals surface area contributed by atoms with E-state index in [-0.39, 0.29) is 82.1 Å². The molecule has 1 nitrogen and oxygen atoms in total. The quantitative estimate of drug-likeness (QED) is 0.375. The maximum absolute atomic E-state index is 0. The van der Waals surface area contributed by atoms with E-state index in [1.54, 1.807) is 0 Å². The molecule has 0 fully saturated rings. The van der Waals surface area contributed by atoms with Gasteiger partial charge in [-0.25, -0.2) is 0 Å². The van der Waals surface area contributed by atoms with Crippen LogP contribution in [-0.2, 0) is 0 Å². The van der Waals surface area contributed by atoms with Crippen molar-refractivity contribution in [2.24, 2.45) is 0 Å². The van der Waals surface area contributed by atoms with Crippen molar-refractivity contribution in [1.29, 1.82) is 0 Å². The number of hydrogen-bond donors (Lipinski definition) is 0. The Balaban J connectivity index is 0. The Bertz CT molecular complexity index is 11.6. The summed E-state index contributed by atoms with van der Waals surface area (Å²) >= 11 is 0. The van der Waals surface area contributed by atoms with E-state index in [1.807, 2.05) is 0 Å². The first-order valence-electron chi connectivity index (χ1n) is 0. The van der Waals surface area contributed by atoms with E-state index >= 15 is 0 Å². The molecule has 0 spiro atoms. The maximum atomic E-state index is 0. The third-order valence-electron chi connectivity index (χ3n) is 0. The van der Waals surface area contributed by atoms with Gasteiger partial charge in [0.25, 0.3) is 0 Å². The molecule has 0 aliphatic heterocycles. The zero-order chi connectivity index (χ0) is 0. The van der Waals surface area contributed by atoms with Gasteiger partial charge in [0.05, 0.1) is 0 Å². The summed E-state index contributed by atoms with van der Waals surface area (Å²) in [7, 11) is 0. The molecule has 0 aromatic rings. The van der Waals surface area contributed by atoms with E-state index in [9.17, 15) is 0 Å². The van der Waals surface area contributed by atoms with Crippen molar-refractivity contribution in [3.63, 3.8) is 0 Å². The first-order valence-corrected chi connectivity index (χ1v) is 0. The summed E-state index contributed by atoms with van der Waals surface area (Å²) < 4.78 is 0. The van der Waals surface area contributed by atoms with Gasteiger partial charge in [0.15, 0.2) is 0 Å². The Hall–Kier alpha value is 2.33. The number of rotatable bonds is 0. The molecule has 0 atom stereocenters. The Morgan fingerprint density at radius 1 is 1.00 bits per heavy atom. The van der Waals surface area contributed by atoms with Crippen LogP contribution in [0, 0.1) is 0 Å². The van der Waals surface area contributed by atoms with Gasteiger partial charge >= 0.3 is 65.7 Å². The summed E-state index contributed by atoms with van der Waals surface area (Å²) in [6.07, 6.45) is 0. The molecule has 0 amide bonds. The predicted octanol–water partition coefficient (Wildman–Crippen LogP) is -5.83. The molecular formula is H15GeOSbSiTe. The van der Waals surface area contributed by atoms with Crippen molar-refractivity contribution in [3.8, 4) is 0 Å². The summed E-state index contributed by atoms with van der Waals surface area (Å²) in [6.45, 7) is 0. The number of hydrogen-bond acceptors (Lipinski definition) is 0. The Morgan fingerprint density at radius 2 is 1.00 bits per heavy atom. The fourth-order valence-electron chi connectivity index (χ4n) is 0. The monoisotopic (exact) mass is 384 g/mol. The minimum absolute atomic E-state index is 0. The van der Waals surface area contributed by atoms with Crippen molar-refractivity contribution in [2.45, 2.75) is 0 Å². The second-order valence-electron chi connectivity index (χ2n) is 0. The van der Waals surface area contributed by atoms with Crippen molar-refractivity contribution in [1.82, 2.24) is 0 Å². The van der Waals surface area contributed by atoms with E-state index in [0.29, 0.717) is 0 Å². The van der Waals surface area contributed by atoms with Gasteiger partial charge in [0, 0.05) is 0 Å². The normalized spacial score (nSPS) is 0. The topological polar surface area (TPSA) is 31.5 Å². The molecule has 40 valence electrons. The Labute approximate surface area is 81.1 Å². The molecule has 0 aliphatic rings. The first-order chi connectivity index (χ1) is 0. The average molecular weight is 381 g/mol. The molecule has 2 N–H and O–H groups in total. The average Bonchev–Trinajstić information content (AvgIpc) is 0. The summed E-state index contributed by atoms with van der Waals surface area (Å²) in [4.78, 5) is 0. The molecule has 0 saturated heterocycles. The van der Waals surface area contributed by atoms with Gasteiger partial charge in [-0.1, -0.05) is 0 Å². The molecule has 0 saturated carbocycles. The van der Waals surface area contributed by atoms with Gasteiger partial charge in [0.2, 0.25) is 0 Å². The van der Waals surface area contributed by atoms with Crippen LogP contribution in [0.2, 0.25) is 0 Å². The van der Waals surface area contributed by atoms with Crippen molar-refractivity contribution in [2.75, 3.05) is 0 Å². The zero-order valence-electron chi connectivity index (χ0n) is 1.71. The van der Waals surface area contributed by atoms with Crippen molar-refractivity contribution >= 4 is 76.7 Å². The van der Waals surface area contributed by atoms with Crippen molar-refractivity contribution < 1.29 is 5.48 Å². The molecule has 0 bridgehead atoms. The van der Waals surface area contributed by atoms with Crippen LogP contribution in [0.25, 0.3) is 0 Å². The summed E-state index contributed by atoms with van der Waals surface area (Å²) in [6, 6.07) is 0. The molecule has 0 rings (SSSR count). The molecular weight excluding hydrogens is 366 g/mol. The van der Waals surface area contributed by atoms with Crippen LogP contribution in [0.4, 0.5) is 0 Å². The van der Waals surface area contributed by atoms with Crippen LogP contribution < -0.4 is 0 Å². The Morgan fingerprint density at radius 3 is 1.00 bits per heavy atom. The van der Waals surface area contributed by atoms with Gasteiger partial charge in [-0.15, -0.1) is 0 Å². The molecule has 0 heterocycles. The van der Waals surface area contributed by atoms with Crippen LogP contribution in [0.3, 0.4) is 0 Å². The standard InChI is InChI=1S/GeH4.H2O.Sb.H4Si.H2Te.3H/h1H4;1H2;;1H4;1H2;;;. The predicted molar refractivity (Wildman–Crippen MR) is 44.8 cm³/mol. The van der Waals surface area contributed by atoms with Gasteiger partial charge in [-0.05, 0) is 11.0 Å². The summed E-state index contributed by atoms with van der Waals surface area (Å²) in [5.74, 6) is 0. The van der Waals surface area contributed by atoms with E-state index in [2.05, 4.69) is 0 Å². The van der Waals surface area contributed by atoms with Gasteiger partial charge in [-0.2, -0.15) is 0 Å². The first kappa shape index (κ1) is 54.2. The van der Waals surface area contributed by atoms with Crippen LogP contribution in [0.5, 0.6) is 0 Å². The summed E-state index contributed by atoms with van der Waals surface area (Å²) in [5.41, 5.74) is 0. The molecule has 5 heteroatoms. The second-order valence-corrected chi connectivity index (χ2v) is 0. The van der Waals surface area contributed by atoms with E-state index in [0.717, 1.165) is 0 Å². The molecule has 0 radical (unpaired) electrons. The van der Waals surface area contributed by atoms with Gasteiger partial charge in [-0.3, -0.25) is 0 Å². The van der Waals surface area contributed by atoms with Crippen LogP contribution in [0.1, 0.15) is 0 Å². The third-order valence-corrected chi connectivity index (χ3v) is 0. The van der Waals surface area contributed by atoms with Crippen molar-refractivity contribution in [3.05, 3.63) is 0 Å². The fraction of sp³-hybridized carbons (Fsp3) is 0. The van der Waals surface area contributed by atoms with Gasteiger partial charge < -0.3 is 5.48 Å². The second kappa shape index (κ2) is 33.2. The van der Waals surface area contributed by atoms with Gasteiger partial charge in [0.1, 0.15) is 0 Å². The van der Waals surface area contributed by atoms with Crippen LogP contribution in [0.15, 0.2) is 0 Å². The third kappa shape index (κ3) is 21.9. The van der Waals surface area contributed by atoms with Crippen LogP contribution in [-0.4, -0.2) is 82.1 Å². The van der Waals surface area contributed by atoms with Crippen LogP contribution >= 0.6 is 0 Å².